The van der Waals surface area contributed by atoms with Crippen LogP contribution in [0.2, 0.25) is 0 Å². The molecule has 1 saturated heterocycles. The molecule has 17 heavy (non-hydrogen) atoms. The molecule has 0 bridgehead atoms. The Morgan fingerprint density at radius 1 is 1.35 bits per heavy atom. The zero-order valence-electron chi connectivity index (χ0n) is 10.7. The quantitative estimate of drug-likeness (QED) is 0.361. The van der Waals surface area contributed by atoms with E-state index in [0.717, 1.165) is 43.3 Å². The predicted octanol–water partition coefficient (Wildman–Crippen LogP) is 3.69. The van der Waals surface area contributed by atoms with Gasteiger partial charge in [0.2, 0.25) is 0 Å². The normalized spacial score (nSPS) is 34.4. The molecule has 2 heteroatoms. The molecule has 2 nitrogen and oxygen atoms in total. The van der Waals surface area contributed by atoms with Gasteiger partial charge >= 0.3 is 5.97 Å². The molecule has 0 spiro atoms. The van der Waals surface area contributed by atoms with Crippen molar-refractivity contribution in [2.75, 3.05) is 0 Å². The number of allylic oxidation sites excluding steroid dienone is 4. The lowest BCUT2D eigenvalue weighted by Gasteiger charge is -2.12. The molecule has 0 unspecified atom stereocenters. The molecule has 1 fully saturated rings. The zero-order valence-corrected chi connectivity index (χ0v) is 10.7. The van der Waals surface area contributed by atoms with Crippen LogP contribution in [0.3, 0.4) is 0 Å². The average Bonchev–Trinajstić information content (AvgIpc) is 2.61. The number of hydrogen-bond acceptors (Lipinski definition) is 2. The van der Waals surface area contributed by atoms with E-state index in [1.165, 1.54) is 5.57 Å². The molecule has 92 valence electrons. The Morgan fingerprint density at radius 3 is 2.88 bits per heavy atom. The van der Waals surface area contributed by atoms with E-state index in [0.29, 0.717) is 0 Å². The molecule has 1 heterocycles. The van der Waals surface area contributed by atoms with Gasteiger partial charge < -0.3 is 4.74 Å². The second kappa shape index (κ2) is 5.35. The summed E-state index contributed by atoms with van der Waals surface area (Å²) in [5.74, 6) is -0.146. The topological polar surface area (TPSA) is 26.3 Å². The van der Waals surface area contributed by atoms with Crippen molar-refractivity contribution in [1.29, 1.82) is 0 Å². The fourth-order valence-corrected chi connectivity index (χ4v) is 2.52. The lowest BCUT2D eigenvalue weighted by Crippen LogP contribution is -2.09. The molecule has 0 amide bonds. The summed E-state index contributed by atoms with van der Waals surface area (Å²) in [6, 6.07) is 0. The fourth-order valence-electron chi connectivity index (χ4n) is 2.52. The number of carbonyl (C=O) groups excluding carboxylic acids is 1. The van der Waals surface area contributed by atoms with E-state index < -0.39 is 0 Å². The SMILES string of the molecule is C/C=C1C(=O)O[C@H]2CCC/C(C)=C\CC\C=C\12. The number of hydrogen-bond donors (Lipinski definition) is 0. The molecule has 1 aliphatic heterocycles. The molecular formula is C15H20O2. The Balaban J connectivity index is 2.21. The molecule has 0 aromatic carbocycles. The van der Waals surface area contributed by atoms with Crippen LogP contribution in [0.1, 0.15) is 46.0 Å². The second-order valence-electron chi connectivity index (χ2n) is 4.78. The lowest BCUT2D eigenvalue weighted by molar-refractivity contribution is -0.138. The van der Waals surface area contributed by atoms with Crippen molar-refractivity contribution in [3.05, 3.63) is 34.9 Å². The van der Waals surface area contributed by atoms with Crippen LogP contribution >= 0.6 is 0 Å². The maximum atomic E-state index is 11.7. The van der Waals surface area contributed by atoms with Crippen LogP contribution in [0.4, 0.5) is 0 Å². The van der Waals surface area contributed by atoms with Crippen LogP contribution in [-0.2, 0) is 9.53 Å². The molecule has 0 N–H and O–H groups in total. The maximum Gasteiger partial charge on any atom is 0.338 e. The number of carbonyl (C=O) groups is 1. The Bertz CT molecular complexity index is 399. The van der Waals surface area contributed by atoms with Crippen LogP contribution in [0.5, 0.6) is 0 Å². The number of esters is 1. The van der Waals surface area contributed by atoms with Gasteiger partial charge in [0.05, 0.1) is 5.57 Å². The summed E-state index contributed by atoms with van der Waals surface area (Å²) in [6.07, 6.45) is 11.6. The number of rotatable bonds is 0. The molecule has 0 radical (unpaired) electrons. The average molecular weight is 232 g/mol. The van der Waals surface area contributed by atoms with Crippen LogP contribution in [0, 0.1) is 0 Å². The lowest BCUT2D eigenvalue weighted by atomic mass is 9.95. The van der Waals surface area contributed by atoms with Gasteiger partial charge in [-0.1, -0.05) is 23.8 Å². The summed E-state index contributed by atoms with van der Waals surface area (Å²) in [6.45, 7) is 4.09. The number of ether oxygens (including phenoxy) is 1. The van der Waals surface area contributed by atoms with Crippen molar-refractivity contribution in [3.63, 3.8) is 0 Å². The molecular weight excluding hydrogens is 212 g/mol. The predicted molar refractivity (Wildman–Crippen MR) is 68.6 cm³/mol. The third-order valence-corrected chi connectivity index (χ3v) is 3.48. The standard InChI is InChI=1S/C15H20O2/c1-3-12-13-9-5-4-7-11(2)8-6-10-14(13)17-15(12)16/h3,7,9,14H,4-6,8,10H2,1-2H3/b11-7-,12-3-,13-9-/t14-/m0/s1. The van der Waals surface area contributed by atoms with E-state index in [2.05, 4.69) is 19.1 Å². The van der Waals surface area contributed by atoms with Gasteiger partial charge in [-0.25, -0.2) is 4.79 Å². The minimum Gasteiger partial charge on any atom is -0.454 e. The van der Waals surface area contributed by atoms with Crippen LogP contribution in [0.25, 0.3) is 0 Å². The third-order valence-electron chi connectivity index (χ3n) is 3.48. The Kier molecular flexibility index (Phi) is 3.82. The molecule has 1 aliphatic carbocycles. The summed E-state index contributed by atoms with van der Waals surface area (Å²) in [4.78, 5) is 11.7. The molecule has 0 aromatic rings. The van der Waals surface area contributed by atoms with E-state index >= 15 is 0 Å². The van der Waals surface area contributed by atoms with Crippen molar-refractivity contribution < 1.29 is 9.53 Å². The Labute approximate surface area is 103 Å². The highest BCUT2D eigenvalue weighted by molar-refractivity contribution is 5.96. The molecule has 2 aliphatic rings. The smallest absolute Gasteiger partial charge is 0.338 e. The van der Waals surface area contributed by atoms with Crippen LogP contribution < -0.4 is 0 Å². The maximum absolute atomic E-state index is 11.7. The summed E-state index contributed by atoms with van der Waals surface area (Å²) < 4.78 is 5.44. The van der Waals surface area contributed by atoms with Gasteiger partial charge in [0, 0.05) is 5.57 Å². The summed E-state index contributed by atoms with van der Waals surface area (Å²) in [5.41, 5.74) is 3.35. The van der Waals surface area contributed by atoms with Crippen molar-refractivity contribution in [2.45, 2.75) is 52.1 Å². The Hall–Kier alpha value is -1.31. The van der Waals surface area contributed by atoms with Gasteiger partial charge in [-0.3, -0.25) is 0 Å². The summed E-state index contributed by atoms with van der Waals surface area (Å²) in [7, 11) is 0. The van der Waals surface area contributed by atoms with E-state index in [-0.39, 0.29) is 12.1 Å². The zero-order chi connectivity index (χ0) is 12.3. The highest BCUT2D eigenvalue weighted by atomic mass is 16.5. The first-order valence-electron chi connectivity index (χ1n) is 6.45. The fraction of sp³-hybridized carbons (Fsp3) is 0.533. The molecule has 0 aromatic heterocycles. The van der Waals surface area contributed by atoms with Crippen LogP contribution in [-0.4, -0.2) is 12.1 Å². The van der Waals surface area contributed by atoms with Crippen molar-refractivity contribution in [1.82, 2.24) is 0 Å². The van der Waals surface area contributed by atoms with E-state index in [4.69, 9.17) is 4.74 Å². The molecule has 0 saturated carbocycles. The van der Waals surface area contributed by atoms with Gasteiger partial charge in [0.15, 0.2) is 0 Å². The minimum atomic E-state index is -0.146. The van der Waals surface area contributed by atoms with E-state index in [9.17, 15) is 4.79 Å². The summed E-state index contributed by atoms with van der Waals surface area (Å²) in [5, 5.41) is 0. The first-order chi connectivity index (χ1) is 8.22. The van der Waals surface area contributed by atoms with Gasteiger partial charge in [-0.15, -0.1) is 0 Å². The third kappa shape index (κ3) is 2.68. The van der Waals surface area contributed by atoms with Crippen molar-refractivity contribution in [3.8, 4) is 0 Å². The second-order valence-corrected chi connectivity index (χ2v) is 4.78. The van der Waals surface area contributed by atoms with Gasteiger partial charge in [-0.2, -0.15) is 0 Å². The van der Waals surface area contributed by atoms with E-state index in [1.54, 1.807) is 0 Å². The highest BCUT2D eigenvalue weighted by Crippen LogP contribution is 2.31. The Morgan fingerprint density at radius 2 is 2.12 bits per heavy atom. The van der Waals surface area contributed by atoms with Crippen molar-refractivity contribution in [2.24, 2.45) is 0 Å². The highest BCUT2D eigenvalue weighted by Gasteiger charge is 2.33. The largest absolute Gasteiger partial charge is 0.454 e. The minimum absolute atomic E-state index is 0.000370. The van der Waals surface area contributed by atoms with Crippen molar-refractivity contribution >= 4 is 5.97 Å². The molecule has 2 rings (SSSR count). The van der Waals surface area contributed by atoms with Gasteiger partial charge in [-0.05, 0) is 46.0 Å². The molecule has 1 atom stereocenters. The van der Waals surface area contributed by atoms with E-state index in [1.807, 2.05) is 13.0 Å². The summed E-state index contributed by atoms with van der Waals surface area (Å²) >= 11 is 0. The monoisotopic (exact) mass is 232 g/mol. The van der Waals surface area contributed by atoms with Gasteiger partial charge in [0.25, 0.3) is 0 Å². The van der Waals surface area contributed by atoms with Gasteiger partial charge in [0.1, 0.15) is 6.10 Å². The first kappa shape index (κ1) is 12.2. The van der Waals surface area contributed by atoms with Crippen LogP contribution in [0.15, 0.2) is 34.9 Å². The first-order valence-corrected chi connectivity index (χ1v) is 6.45. The number of fused-ring (bicyclic) bond motifs is 1.